The fourth-order valence-electron chi connectivity index (χ4n) is 4.47. The van der Waals surface area contributed by atoms with E-state index in [1.807, 2.05) is 6.07 Å². The van der Waals surface area contributed by atoms with Crippen LogP contribution >= 0.6 is 0 Å². The van der Waals surface area contributed by atoms with Crippen LogP contribution in [-0.2, 0) is 11.3 Å². The van der Waals surface area contributed by atoms with E-state index in [0.717, 1.165) is 37.5 Å². The Kier molecular flexibility index (Phi) is 8.44. The molecule has 3 aromatic rings. The molecule has 174 valence electrons. The van der Waals surface area contributed by atoms with E-state index in [1.165, 1.54) is 11.1 Å². The average molecular weight is 448 g/mol. The van der Waals surface area contributed by atoms with Gasteiger partial charge in [0.2, 0.25) is 0 Å². The summed E-state index contributed by atoms with van der Waals surface area (Å²) in [6.45, 7) is 5.02. The Labute approximate surface area is 196 Å². The molecule has 1 N–H and O–H groups in total. The van der Waals surface area contributed by atoms with Crippen molar-refractivity contribution in [3.05, 3.63) is 95.8 Å². The Morgan fingerprint density at radius 1 is 0.909 bits per heavy atom. The summed E-state index contributed by atoms with van der Waals surface area (Å²) in [5, 5.41) is 10.5. The Hall–Kier alpha value is -2.77. The van der Waals surface area contributed by atoms with Gasteiger partial charge in [0.1, 0.15) is 5.75 Å². The van der Waals surface area contributed by atoms with Crippen LogP contribution in [0, 0.1) is 0 Å². The van der Waals surface area contributed by atoms with E-state index in [4.69, 9.17) is 9.47 Å². The molecule has 33 heavy (non-hydrogen) atoms. The van der Waals surface area contributed by atoms with Gasteiger partial charge in [-0.2, -0.15) is 0 Å². The third-order valence-corrected chi connectivity index (χ3v) is 6.12. The minimum absolute atomic E-state index is 0.247. The predicted octanol–water partition coefficient (Wildman–Crippen LogP) is 3.37. The number of ether oxygens (including phenoxy) is 2. The normalized spacial score (nSPS) is 16.1. The lowest BCUT2D eigenvalue weighted by Crippen LogP contribution is -2.50. The lowest BCUT2D eigenvalue weighted by Gasteiger charge is -2.40. The number of hydrogen-bond acceptors (Lipinski definition) is 6. The maximum Gasteiger partial charge on any atom is 0.127 e. The van der Waals surface area contributed by atoms with E-state index in [-0.39, 0.29) is 12.6 Å². The molecule has 0 amide bonds. The molecule has 4 rings (SSSR count). The summed E-state index contributed by atoms with van der Waals surface area (Å²) in [4.78, 5) is 8.98. The second kappa shape index (κ2) is 11.9. The summed E-state index contributed by atoms with van der Waals surface area (Å²) >= 11 is 0. The minimum Gasteiger partial charge on any atom is -0.496 e. The Balaban J connectivity index is 1.28. The average Bonchev–Trinajstić information content (AvgIpc) is 2.87. The van der Waals surface area contributed by atoms with Gasteiger partial charge >= 0.3 is 0 Å². The summed E-state index contributed by atoms with van der Waals surface area (Å²) < 4.78 is 11.1. The maximum absolute atomic E-state index is 10.5. The molecular weight excluding hydrogens is 414 g/mol. The van der Waals surface area contributed by atoms with E-state index in [0.29, 0.717) is 13.2 Å². The van der Waals surface area contributed by atoms with Gasteiger partial charge in [-0.1, -0.05) is 60.7 Å². The van der Waals surface area contributed by atoms with Crippen LogP contribution in [0.1, 0.15) is 22.7 Å². The van der Waals surface area contributed by atoms with E-state index in [1.54, 1.807) is 19.5 Å². The van der Waals surface area contributed by atoms with E-state index >= 15 is 0 Å². The van der Waals surface area contributed by atoms with Gasteiger partial charge in [-0.3, -0.25) is 14.8 Å². The number of methoxy groups -OCH3 is 1. The monoisotopic (exact) mass is 447 g/mol. The Morgan fingerprint density at radius 2 is 1.55 bits per heavy atom. The first-order valence-corrected chi connectivity index (χ1v) is 11.5. The summed E-state index contributed by atoms with van der Waals surface area (Å²) in [6, 6.07) is 23.5. The largest absolute Gasteiger partial charge is 0.496 e. The summed E-state index contributed by atoms with van der Waals surface area (Å²) in [5.74, 6) is 0.752. The van der Waals surface area contributed by atoms with Crippen LogP contribution in [0.15, 0.2) is 79.1 Å². The highest BCUT2D eigenvalue weighted by molar-refractivity contribution is 5.32. The molecule has 0 bridgehead atoms. The molecule has 0 spiro atoms. The van der Waals surface area contributed by atoms with Gasteiger partial charge in [-0.15, -0.1) is 0 Å². The molecule has 1 aliphatic rings. The molecule has 1 fully saturated rings. The Morgan fingerprint density at radius 3 is 2.15 bits per heavy atom. The molecule has 0 saturated carbocycles. The molecule has 6 nitrogen and oxygen atoms in total. The highest BCUT2D eigenvalue weighted by Gasteiger charge is 2.27. The lowest BCUT2D eigenvalue weighted by molar-refractivity contribution is -0.00114. The fourth-order valence-corrected chi connectivity index (χ4v) is 4.47. The van der Waals surface area contributed by atoms with Crippen molar-refractivity contribution in [3.8, 4) is 5.75 Å². The van der Waals surface area contributed by atoms with Gasteiger partial charge in [-0.05, 0) is 17.2 Å². The van der Waals surface area contributed by atoms with Crippen molar-refractivity contribution < 1.29 is 14.6 Å². The summed E-state index contributed by atoms with van der Waals surface area (Å²) in [5.41, 5.74) is 3.52. The number of pyridine rings is 1. The van der Waals surface area contributed by atoms with Gasteiger partial charge in [0.05, 0.1) is 32.5 Å². The number of β-amino-alcohol motifs (C(OH)–C–C–N with tert-alkyl or cyclic N) is 1. The van der Waals surface area contributed by atoms with Crippen LogP contribution in [0.2, 0.25) is 0 Å². The smallest absolute Gasteiger partial charge is 0.127 e. The molecule has 1 aromatic heterocycles. The van der Waals surface area contributed by atoms with Crippen molar-refractivity contribution in [2.75, 3.05) is 46.4 Å². The van der Waals surface area contributed by atoms with Gasteiger partial charge in [0.15, 0.2) is 0 Å². The third-order valence-electron chi connectivity index (χ3n) is 6.12. The summed E-state index contributed by atoms with van der Waals surface area (Å²) in [6.07, 6.45) is 2.90. The number of aliphatic hydroxyl groups is 1. The number of nitrogens with zero attached hydrogens (tertiary/aromatic N) is 3. The number of aromatic nitrogens is 1. The molecule has 2 aromatic carbocycles. The van der Waals surface area contributed by atoms with Crippen LogP contribution < -0.4 is 4.74 Å². The zero-order valence-corrected chi connectivity index (χ0v) is 19.2. The molecule has 1 atom stereocenters. The lowest BCUT2D eigenvalue weighted by atomic mass is 9.96. The predicted molar refractivity (Wildman–Crippen MR) is 129 cm³/mol. The first-order valence-electron chi connectivity index (χ1n) is 11.5. The first-order chi connectivity index (χ1) is 16.2. The number of aliphatic hydroxyl groups excluding tert-OH is 1. The van der Waals surface area contributed by atoms with Crippen LogP contribution in [-0.4, -0.2) is 72.4 Å². The topological polar surface area (TPSA) is 58.1 Å². The van der Waals surface area contributed by atoms with Gasteiger partial charge < -0.3 is 14.6 Å². The van der Waals surface area contributed by atoms with Crippen LogP contribution in [0.25, 0.3) is 0 Å². The second-order valence-electron chi connectivity index (χ2n) is 8.42. The molecule has 6 heteroatoms. The van der Waals surface area contributed by atoms with Crippen molar-refractivity contribution in [2.24, 2.45) is 0 Å². The van der Waals surface area contributed by atoms with E-state index in [9.17, 15) is 5.11 Å². The van der Waals surface area contributed by atoms with Crippen LogP contribution in [0.3, 0.4) is 0 Å². The van der Waals surface area contributed by atoms with Gasteiger partial charge in [-0.25, -0.2) is 0 Å². The highest BCUT2D eigenvalue weighted by Crippen LogP contribution is 2.29. The fraction of sp³-hybridized carbons (Fsp3) is 0.370. The quantitative estimate of drug-likeness (QED) is 0.514. The van der Waals surface area contributed by atoms with Crippen molar-refractivity contribution in [2.45, 2.75) is 18.8 Å². The molecule has 0 radical (unpaired) electrons. The number of piperazine rings is 1. The SMILES string of the molecule is COc1ccncc1COCC(O)CN1CCN(C(c2ccccc2)c2ccccc2)CC1. The third kappa shape index (κ3) is 6.39. The second-order valence-corrected chi connectivity index (χ2v) is 8.42. The molecule has 1 unspecified atom stereocenters. The van der Waals surface area contributed by atoms with Crippen molar-refractivity contribution >= 4 is 0 Å². The number of benzene rings is 2. The molecule has 0 aliphatic carbocycles. The number of rotatable bonds is 10. The van der Waals surface area contributed by atoms with Crippen molar-refractivity contribution in [1.82, 2.24) is 14.8 Å². The van der Waals surface area contributed by atoms with Crippen molar-refractivity contribution in [3.63, 3.8) is 0 Å². The zero-order chi connectivity index (χ0) is 22.9. The zero-order valence-electron chi connectivity index (χ0n) is 19.2. The minimum atomic E-state index is -0.529. The molecular formula is C27H33N3O3. The maximum atomic E-state index is 10.5. The van der Waals surface area contributed by atoms with E-state index in [2.05, 4.69) is 75.4 Å². The van der Waals surface area contributed by atoms with E-state index < -0.39 is 6.10 Å². The van der Waals surface area contributed by atoms with Gasteiger partial charge in [0.25, 0.3) is 0 Å². The van der Waals surface area contributed by atoms with Crippen LogP contribution in [0.4, 0.5) is 0 Å². The van der Waals surface area contributed by atoms with Crippen LogP contribution in [0.5, 0.6) is 5.75 Å². The van der Waals surface area contributed by atoms with Crippen molar-refractivity contribution in [1.29, 1.82) is 0 Å². The molecule has 1 saturated heterocycles. The first kappa shape index (κ1) is 23.4. The summed E-state index contributed by atoms with van der Waals surface area (Å²) in [7, 11) is 1.63. The Bertz CT molecular complexity index is 923. The highest BCUT2D eigenvalue weighted by atomic mass is 16.5. The number of hydrogen-bond donors (Lipinski definition) is 1. The molecule has 1 aliphatic heterocycles. The van der Waals surface area contributed by atoms with Gasteiger partial charge in [0, 0.05) is 50.7 Å². The standard InChI is InChI=1S/C27H33N3O3/c1-32-26-12-13-28-18-24(26)20-33-21-25(31)19-29-14-16-30(17-15-29)27(22-8-4-2-5-9-22)23-10-6-3-7-11-23/h2-13,18,25,27,31H,14-17,19-21H2,1H3. The molecule has 2 heterocycles.